The first kappa shape index (κ1) is 17.8. The Morgan fingerprint density at radius 2 is 2.04 bits per heavy atom. The summed E-state index contributed by atoms with van der Waals surface area (Å²) in [5.74, 6) is 1.26. The van der Waals surface area contributed by atoms with Crippen molar-refractivity contribution in [1.82, 2.24) is 20.1 Å². The van der Waals surface area contributed by atoms with Crippen LogP contribution in [0.5, 0.6) is 0 Å². The third-order valence-electron chi connectivity index (χ3n) is 3.98. The predicted octanol–water partition coefficient (Wildman–Crippen LogP) is 1.92. The lowest BCUT2D eigenvalue weighted by Gasteiger charge is -2.26. The fourth-order valence-corrected chi connectivity index (χ4v) is 2.85. The Kier molecular flexibility index (Phi) is 6.79. The van der Waals surface area contributed by atoms with Crippen molar-refractivity contribution in [3.05, 3.63) is 41.0 Å². The van der Waals surface area contributed by atoms with Gasteiger partial charge in [0.05, 0.1) is 19.4 Å². The lowest BCUT2D eigenvalue weighted by molar-refractivity contribution is 0.0398. The first-order valence-corrected chi connectivity index (χ1v) is 8.89. The summed E-state index contributed by atoms with van der Waals surface area (Å²) < 4.78 is 5.35. The Hall–Kier alpha value is -1.96. The Labute approximate surface area is 152 Å². The van der Waals surface area contributed by atoms with E-state index in [1.165, 1.54) is 5.56 Å². The molecule has 1 aromatic heterocycles. The van der Waals surface area contributed by atoms with Gasteiger partial charge in [-0.3, -0.25) is 4.90 Å². The molecule has 0 spiro atoms. The van der Waals surface area contributed by atoms with Crippen LogP contribution in [-0.4, -0.2) is 66.0 Å². The lowest BCUT2D eigenvalue weighted by Crippen LogP contribution is -2.39. The summed E-state index contributed by atoms with van der Waals surface area (Å²) in [6, 6.07) is 7.84. The van der Waals surface area contributed by atoms with Gasteiger partial charge in [-0.2, -0.15) is 10.1 Å². The average Bonchev–Trinajstić information content (AvgIpc) is 2.63. The summed E-state index contributed by atoms with van der Waals surface area (Å²) in [4.78, 5) is 6.81. The summed E-state index contributed by atoms with van der Waals surface area (Å²) in [5.41, 5.74) is 1.17. The second-order valence-electron chi connectivity index (χ2n) is 5.85. The molecule has 0 amide bonds. The van der Waals surface area contributed by atoms with Crippen molar-refractivity contribution in [2.24, 2.45) is 0 Å². The quantitative estimate of drug-likeness (QED) is 0.743. The number of anilines is 2. The first-order valence-electron chi connectivity index (χ1n) is 8.51. The topological polar surface area (TPSA) is 75.2 Å². The molecule has 134 valence electrons. The Morgan fingerprint density at radius 3 is 2.88 bits per heavy atom. The molecule has 0 aliphatic carbocycles. The van der Waals surface area contributed by atoms with E-state index in [0.717, 1.165) is 63.2 Å². The predicted molar refractivity (Wildman–Crippen MR) is 99.2 cm³/mol. The highest BCUT2D eigenvalue weighted by molar-refractivity contribution is 6.30. The van der Waals surface area contributed by atoms with E-state index in [1.807, 2.05) is 18.2 Å². The highest BCUT2D eigenvalue weighted by Crippen LogP contribution is 2.11. The number of nitrogens with one attached hydrogen (secondary N) is 2. The molecule has 0 bridgehead atoms. The monoisotopic (exact) mass is 362 g/mol. The van der Waals surface area contributed by atoms with Gasteiger partial charge in [-0.1, -0.05) is 23.7 Å². The summed E-state index contributed by atoms with van der Waals surface area (Å²) in [7, 11) is 0. The Bertz CT molecular complexity index is 665. The van der Waals surface area contributed by atoms with Gasteiger partial charge in [-0.25, -0.2) is 0 Å². The van der Waals surface area contributed by atoms with E-state index in [4.69, 9.17) is 16.3 Å². The molecule has 1 aliphatic rings. The molecule has 8 heteroatoms. The van der Waals surface area contributed by atoms with E-state index in [1.54, 1.807) is 6.20 Å². The lowest BCUT2D eigenvalue weighted by atomic mass is 10.1. The molecule has 1 aliphatic heterocycles. The van der Waals surface area contributed by atoms with E-state index < -0.39 is 0 Å². The van der Waals surface area contributed by atoms with Gasteiger partial charge in [0, 0.05) is 37.7 Å². The maximum absolute atomic E-state index is 5.99. The van der Waals surface area contributed by atoms with E-state index >= 15 is 0 Å². The van der Waals surface area contributed by atoms with Crippen molar-refractivity contribution in [3.8, 4) is 0 Å². The summed E-state index contributed by atoms with van der Waals surface area (Å²) >= 11 is 5.99. The third kappa shape index (κ3) is 6.12. The largest absolute Gasteiger partial charge is 0.379 e. The summed E-state index contributed by atoms with van der Waals surface area (Å²) in [6.07, 6.45) is 2.49. The van der Waals surface area contributed by atoms with Crippen LogP contribution >= 0.6 is 11.6 Å². The molecule has 1 aromatic carbocycles. The zero-order valence-corrected chi connectivity index (χ0v) is 14.9. The molecule has 0 atom stereocenters. The fourth-order valence-electron chi connectivity index (χ4n) is 2.64. The minimum atomic E-state index is 0.526. The highest BCUT2D eigenvalue weighted by Gasteiger charge is 2.09. The fraction of sp³-hybridized carbons (Fsp3) is 0.471. The van der Waals surface area contributed by atoms with Gasteiger partial charge < -0.3 is 15.4 Å². The van der Waals surface area contributed by atoms with Gasteiger partial charge in [0.1, 0.15) is 0 Å². The number of rotatable bonds is 8. The number of benzene rings is 1. The van der Waals surface area contributed by atoms with E-state index in [-0.39, 0.29) is 0 Å². The van der Waals surface area contributed by atoms with Crippen molar-refractivity contribution in [1.29, 1.82) is 0 Å². The third-order valence-corrected chi connectivity index (χ3v) is 4.22. The van der Waals surface area contributed by atoms with Crippen molar-refractivity contribution >= 4 is 23.4 Å². The van der Waals surface area contributed by atoms with Crippen LogP contribution in [0.1, 0.15) is 5.56 Å². The van der Waals surface area contributed by atoms with Gasteiger partial charge in [0.25, 0.3) is 0 Å². The van der Waals surface area contributed by atoms with E-state index in [9.17, 15) is 0 Å². The molecule has 0 unspecified atom stereocenters. The van der Waals surface area contributed by atoms with Crippen LogP contribution in [0.4, 0.5) is 11.8 Å². The Morgan fingerprint density at radius 1 is 1.16 bits per heavy atom. The highest BCUT2D eigenvalue weighted by atomic mass is 35.5. The number of hydrogen-bond acceptors (Lipinski definition) is 7. The van der Waals surface area contributed by atoms with Crippen LogP contribution in [0, 0.1) is 0 Å². The summed E-state index contributed by atoms with van der Waals surface area (Å²) in [5, 5.41) is 15.3. The number of hydrogen-bond donors (Lipinski definition) is 2. The second-order valence-corrected chi connectivity index (χ2v) is 6.29. The van der Waals surface area contributed by atoms with Gasteiger partial charge in [0.15, 0.2) is 5.82 Å². The first-order chi connectivity index (χ1) is 12.3. The van der Waals surface area contributed by atoms with Gasteiger partial charge in [0.2, 0.25) is 5.95 Å². The number of aromatic nitrogens is 3. The van der Waals surface area contributed by atoms with E-state index in [2.05, 4.69) is 36.8 Å². The molecule has 0 radical (unpaired) electrons. The van der Waals surface area contributed by atoms with Crippen LogP contribution < -0.4 is 10.6 Å². The molecular formula is C17H23ClN6O. The molecule has 1 fully saturated rings. The van der Waals surface area contributed by atoms with Gasteiger partial charge >= 0.3 is 0 Å². The number of morpholine rings is 1. The SMILES string of the molecule is Clc1cccc(CCNc2nncc(NCCN3CCOCC3)n2)c1. The second kappa shape index (κ2) is 9.50. The van der Waals surface area contributed by atoms with Gasteiger partial charge in [-0.15, -0.1) is 5.10 Å². The molecule has 7 nitrogen and oxygen atoms in total. The Balaban J connectivity index is 1.41. The van der Waals surface area contributed by atoms with Crippen molar-refractivity contribution < 1.29 is 4.74 Å². The van der Waals surface area contributed by atoms with Crippen LogP contribution in [0.25, 0.3) is 0 Å². The minimum absolute atomic E-state index is 0.526. The van der Waals surface area contributed by atoms with E-state index in [0.29, 0.717) is 5.95 Å². The minimum Gasteiger partial charge on any atom is -0.379 e. The molecular weight excluding hydrogens is 340 g/mol. The normalized spacial score (nSPS) is 15.1. The average molecular weight is 363 g/mol. The zero-order chi connectivity index (χ0) is 17.3. The molecule has 1 saturated heterocycles. The number of halogens is 1. The number of ether oxygens (including phenoxy) is 1. The zero-order valence-electron chi connectivity index (χ0n) is 14.1. The van der Waals surface area contributed by atoms with Crippen molar-refractivity contribution in [2.75, 3.05) is 56.6 Å². The molecule has 0 saturated carbocycles. The number of nitrogens with zero attached hydrogens (tertiary/aromatic N) is 4. The van der Waals surface area contributed by atoms with Crippen LogP contribution in [0.3, 0.4) is 0 Å². The molecule has 3 rings (SSSR count). The molecule has 2 aromatic rings. The van der Waals surface area contributed by atoms with Crippen LogP contribution in [0.15, 0.2) is 30.5 Å². The smallest absolute Gasteiger partial charge is 0.244 e. The molecule has 2 N–H and O–H groups in total. The maximum atomic E-state index is 5.99. The van der Waals surface area contributed by atoms with Crippen LogP contribution in [-0.2, 0) is 11.2 Å². The summed E-state index contributed by atoms with van der Waals surface area (Å²) in [6.45, 7) is 6.11. The van der Waals surface area contributed by atoms with Crippen molar-refractivity contribution in [3.63, 3.8) is 0 Å². The standard InChI is InChI=1S/C17H23ClN6O/c18-15-3-1-2-14(12-15)4-5-20-17-22-16(13-21-23-17)19-6-7-24-8-10-25-11-9-24/h1-3,12-13H,4-11H2,(H2,19,20,22,23). The van der Waals surface area contributed by atoms with Crippen molar-refractivity contribution in [2.45, 2.75) is 6.42 Å². The maximum Gasteiger partial charge on any atom is 0.244 e. The van der Waals surface area contributed by atoms with Crippen LogP contribution in [0.2, 0.25) is 5.02 Å². The molecule has 2 heterocycles. The molecule has 25 heavy (non-hydrogen) atoms. The van der Waals surface area contributed by atoms with Gasteiger partial charge in [-0.05, 0) is 24.1 Å².